The van der Waals surface area contributed by atoms with Crippen LogP contribution in [-0.4, -0.2) is 19.0 Å². The quantitative estimate of drug-likeness (QED) is 0.498. The van der Waals surface area contributed by atoms with Crippen molar-refractivity contribution in [1.29, 1.82) is 0 Å². The SMILES string of the molecule is CCCC[C@@H]1C=C[C@](C)(OC)OO1. The van der Waals surface area contributed by atoms with E-state index in [-0.39, 0.29) is 6.10 Å². The zero-order valence-corrected chi connectivity index (χ0v) is 8.58. The second-order valence-electron chi connectivity index (χ2n) is 3.44. The van der Waals surface area contributed by atoms with Crippen molar-refractivity contribution in [2.24, 2.45) is 0 Å². The molecule has 1 aliphatic rings. The van der Waals surface area contributed by atoms with E-state index in [1.165, 1.54) is 6.42 Å². The van der Waals surface area contributed by atoms with E-state index < -0.39 is 5.79 Å². The van der Waals surface area contributed by atoms with E-state index in [1.54, 1.807) is 7.11 Å². The number of hydrogen-bond donors (Lipinski definition) is 0. The third kappa shape index (κ3) is 3.10. The summed E-state index contributed by atoms with van der Waals surface area (Å²) in [4.78, 5) is 10.3. The van der Waals surface area contributed by atoms with Gasteiger partial charge in [0.05, 0.1) is 0 Å². The molecule has 0 spiro atoms. The molecule has 13 heavy (non-hydrogen) atoms. The Bertz CT molecular complexity index is 179. The van der Waals surface area contributed by atoms with Gasteiger partial charge >= 0.3 is 0 Å². The van der Waals surface area contributed by atoms with E-state index >= 15 is 0 Å². The fraction of sp³-hybridized carbons (Fsp3) is 0.800. The summed E-state index contributed by atoms with van der Waals surface area (Å²) >= 11 is 0. The van der Waals surface area contributed by atoms with Gasteiger partial charge in [0.15, 0.2) is 0 Å². The van der Waals surface area contributed by atoms with Crippen molar-refractivity contribution < 1.29 is 14.5 Å². The fourth-order valence-electron chi connectivity index (χ4n) is 1.15. The van der Waals surface area contributed by atoms with Crippen molar-refractivity contribution in [3.8, 4) is 0 Å². The lowest BCUT2D eigenvalue weighted by molar-refractivity contribution is -0.422. The molecule has 1 heterocycles. The average molecular weight is 186 g/mol. The van der Waals surface area contributed by atoms with Crippen LogP contribution in [0.15, 0.2) is 12.2 Å². The molecule has 0 bridgehead atoms. The molecule has 0 unspecified atom stereocenters. The smallest absolute Gasteiger partial charge is 0.217 e. The number of hydrogen-bond acceptors (Lipinski definition) is 3. The first-order chi connectivity index (χ1) is 6.20. The molecule has 0 radical (unpaired) electrons. The summed E-state index contributed by atoms with van der Waals surface area (Å²) in [5, 5.41) is 0. The van der Waals surface area contributed by atoms with Gasteiger partial charge in [-0.1, -0.05) is 25.8 Å². The molecule has 3 nitrogen and oxygen atoms in total. The van der Waals surface area contributed by atoms with Crippen molar-refractivity contribution >= 4 is 0 Å². The lowest BCUT2D eigenvalue weighted by Gasteiger charge is -2.29. The molecule has 1 aliphatic heterocycles. The molecule has 0 N–H and O–H groups in total. The van der Waals surface area contributed by atoms with Gasteiger partial charge in [0.25, 0.3) is 0 Å². The van der Waals surface area contributed by atoms with E-state index in [9.17, 15) is 0 Å². The summed E-state index contributed by atoms with van der Waals surface area (Å²) in [6.07, 6.45) is 7.33. The van der Waals surface area contributed by atoms with Crippen LogP contribution in [-0.2, 0) is 14.5 Å². The number of rotatable bonds is 4. The van der Waals surface area contributed by atoms with Gasteiger partial charge in [-0.25, -0.2) is 4.89 Å². The Morgan fingerprint density at radius 1 is 1.54 bits per heavy atom. The molecule has 3 heteroatoms. The lowest BCUT2D eigenvalue weighted by atomic mass is 10.1. The molecule has 0 aromatic rings. The van der Waals surface area contributed by atoms with E-state index in [0.29, 0.717) is 0 Å². The molecule has 2 atom stereocenters. The van der Waals surface area contributed by atoms with Gasteiger partial charge < -0.3 is 4.74 Å². The predicted molar refractivity (Wildman–Crippen MR) is 50.0 cm³/mol. The van der Waals surface area contributed by atoms with Crippen molar-refractivity contribution in [3.05, 3.63) is 12.2 Å². The molecular formula is C10H18O3. The molecule has 0 aromatic carbocycles. The van der Waals surface area contributed by atoms with Crippen LogP contribution in [0.4, 0.5) is 0 Å². The van der Waals surface area contributed by atoms with Gasteiger partial charge in [-0.2, -0.15) is 4.89 Å². The molecule has 0 amide bonds. The Morgan fingerprint density at radius 2 is 2.31 bits per heavy atom. The van der Waals surface area contributed by atoms with Gasteiger partial charge in [0.2, 0.25) is 5.79 Å². The largest absolute Gasteiger partial charge is 0.348 e. The number of ether oxygens (including phenoxy) is 1. The highest BCUT2D eigenvalue weighted by atomic mass is 17.2. The van der Waals surface area contributed by atoms with Gasteiger partial charge in [0, 0.05) is 7.11 Å². The summed E-state index contributed by atoms with van der Waals surface area (Å²) < 4.78 is 5.10. The Balaban J connectivity index is 2.38. The lowest BCUT2D eigenvalue weighted by Crippen LogP contribution is -2.34. The molecule has 1 rings (SSSR count). The summed E-state index contributed by atoms with van der Waals surface area (Å²) in [7, 11) is 1.60. The first kappa shape index (κ1) is 10.7. The van der Waals surface area contributed by atoms with Crippen LogP contribution in [0.3, 0.4) is 0 Å². The molecule has 0 saturated carbocycles. The minimum atomic E-state index is -0.706. The summed E-state index contributed by atoms with van der Waals surface area (Å²) in [5.41, 5.74) is 0. The average Bonchev–Trinajstić information content (AvgIpc) is 2.17. The molecule has 0 fully saturated rings. The molecular weight excluding hydrogens is 168 g/mol. The summed E-state index contributed by atoms with van der Waals surface area (Å²) in [6, 6.07) is 0. The maximum atomic E-state index is 5.17. The predicted octanol–water partition coefficient (Wildman–Crippen LogP) is 2.43. The highest BCUT2D eigenvalue weighted by molar-refractivity contribution is 4.99. The van der Waals surface area contributed by atoms with Crippen LogP contribution in [0.1, 0.15) is 33.1 Å². The van der Waals surface area contributed by atoms with Crippen molar-refractivity contribution in [3.63, 3.8) is 0 Å². The third-order valence-electron chi connectivity index (χ3n) is 2.20. The first-order valence-corrected chi connectivity index (χ1v) is 4.79. The highest BCUT2D eigenvalue weighted by Gasteiger charge is 2.28. The van der Waals surface area contributed by atoms with Crippen LogP contribution in [0, 0.1) is 0 Å². The van der Waals surface area contributed by atoms with Crippen LogP contribution in [0.2, 0.25) is 0 Å². The maximum Gasteiger partial charge on any atom is 0.217 e. The second kappa shape index (κ2) is 4.74. The summed E-state index contributed by atoms with van der Waals surface area (Å²) in [5.74, 6) is -0.706. The first-order valence-electron chi connectivity index (χ1n) is 4.79. The zero-order chi connectivity index (χ0) is 9.73. The normalized spacial score (nSPS) is 33.6. The summed E-state index contributed by atoms with van der Waals surface area (Å²) in [6.45, 7) is 3.98. The van der Waals surface area contributed by atoms with Crippen molar-refractivity contribution in [2.75, 3.05) is 7.11 Å². The van der Waals surface area contributed by atoms with Crippen LogP contribution < -0.4 is 0 Å². The molecule has 0 saturated heterocycles. The standard InChI is InChI=1S/C10H18O3/c1-4-5-6-9-7-8-10(2,11-3)13-12-9/h7-9H,4-6H2,1-3H3/t9-,10-/m1/s1. The Morgan fingerprint density at radius 3 is 2.77 bits per heavy atom. The third-order valence-corrected chi connectivity index (χ3v) is 2.20. The van der Waals surface area contributed by atoms with E-state index in [1.807, 2.05) is 19.1 Å². The number of unbranched alkanes of at least 4 members (excludes halogenated alkanes) is 1. The zero-order valence-electron chi connectivity index (χ0n) is 8.58. The van der Waals surface area contributed by atoms with Gasteiger partial charge in [-0.15, -0.1) is 0 Å². The minimum Gasteiger partial charge on any atom is -0.348 e. The maximum absolute atomic E-state index is 5.17. The van der Waals surface area contributed by atoms with Crippen molar-refractivity contribution in [2.45, 2.75) is 45.0 Å². The highest BCUT2D eigenvalue weighted by Crippen LogP contribution is 2.22. The topological polar surface area (TPSA) is 27.7 Å². The fourth-order valence-corrected chi connectivity index (χ4v) is 1.15. The molecule has 0 aromatic heterocycles. The van der Waals surface area contributed by atoms with Gasteiger partial charge in [-0.05, 0) is 19.4 Å². The minimum absolute atomic E-state index is 0.0863. The van der Waals surface area contributed by atoms with E-state index in [0.717, 1.165) is 12.8 Å². The second-order valence-corrected chi connectivity index (χ2v) is 3.44. The Hall–Kier alpha value is -0.380. The Kier molecular flexibility index (Phi) is 3.90. The molecule has 76 valence electrons. The molecule has 0 aliphatic carbocycles. The van der Waals surface area contributed by atoms with Crippen LogP contribution in [0.25, 0.3) is 0 Å². The van der Waals surface area contributed by atoms with Crippen LogP contribution in [0.5, 0.6) is 0 Å². The van der Waals surface area contributed by atoms with E-state index in [4.69, 9.17) is 14.5 Å². The van der Waals surface area contributed by atoms with Crippen LogP contribution >= 0.6 is 0 Å². The van der Waals surface area contributed by atoms with Gasteiger partial charge in [-0.3, -0.25) is 0 Å². The number of methoxy groups -OCH3 is 1. The van der Waals surface area contributed by atoms with Crippen molar-refractivity contribution in [1.82, 2.24) is 0 Å². The van der Waals surface area contributed by atoms with Gasteiger partial charge in [0.1, 0.15) is 6.10 Å². The monoisotopic (exact) mass is 186 g/mol. The Labute approximate surface area is 79.6 Å². The van der Waals surface area contributed by atoms with E-state index in [2.05, 4.69) is 6.92 Å².